The molecular formula is C16H21N3O2S. The number of hydrogen-bond donors (Lipinski definition) is 2. The minimum atomic E-state index is -3.69. The van der Waals surface area contributed by atoms with E-state index in [0.29, 0.717) is 0 Å². The lowest BCUT2D eigenvalue weighted by Gasteiger charge is -2.22. The highest BCUT2D eigenvalue weighted by Gasteiger charge is 2.16. The monoisotopic (exact) mass is 319 g/mol. The number of sulfonamides is 1. The minimum absolute atomic E-state index is 0.0266. The summed E-state index contributed by atoms with van der Waals surface area (Å²) >= 11 is 0. The van der Waals surface area contributed by atoms with Crippen molar-refractivity contribution in [3.05, 3.63) is 59.9 Å². The van der Waals surface area contributed by atoms with Gasteiger partial charge in [-0.3, -0.25) is 4.98 Å². The van der Waals surface area contributed by atoms with Gasteiger partial charge in [-0.15, -0.1) is 0 Å². The Balaban J connectivity index is 2.22. The van der Waals surface area contributed by atoms with E-state index in [2.05, 4.69) is 10.3 Å². The number of aromatic nitrogens is 1. The molecule has 0 radical (unpaired) electrons. The van der Waals surface area contributed by atoms with E-state index in [1.165, 1.54) is 6.07 Å². The third-order valence-corrected chi connectivity index (χ3v) is 4.49. The molecule has 2 rings (SSSR count). The third-order valence-electron chi connectivity index (χ3n) is 3.58. The van der Waals surface area contributed by atoms with Gasteiger partial charge in [0.25, 0.3) is 0 Å². The number of nitrogens with zero attached hydrogens (tertiary/aromatic N) is 1. The van der Waals surface area contributed by atoms with Crippen LogP contribution in [0.15, 0.2) is 53.6 Å². The van der Waals surface area contributed by atoms with Crippen LogP contribution in [-0.4, -0.2) is 13.4 Å². The van der Waals surface area contributed by atoms with Gasteiger partial charge in [0, 0.05) is 18.3 Å². The first-order chi connectivity index (χ1) is 10.4. The first-order valence-electron chi connectivity index (χ1n) is 7.21. The highest BCUT2D eigenvalue weighted by molar-refractivity contribution is 7.89. The predicted molar refractivity (Wildman–Crippen MR) is 86.6 cm³/mol. The zero-order chi connectivity index (χ0) is 16.2. The molecule has 0 saturated carbocycles. The normalized spacial score (nSPS) is 14.5. The van der Waals surface area contributed by atoms with Gasteiger partial charge in [0.1, 0.15) is 0 Å². The molecule has 0 aliphatic rings. The van der Waals surface area contributed by atoms with Gasteiger partial charge >= 0.3 is 0 Å². The Morgan fingerprint density at radius 1 is 1.23 bits per heavy atom. The van der Waals surface area contributed by atoms with Gasteiger partial charge in [-0.2, -0.15) is 0 Å². The molecule has 3 N–H and O–H groups in total. The number of primary sulfonamides is 1. The Bertz CT molecular complexity index is 717. The van der Waals surface area contributed by atoms with Crippen molar-refractivity contribution in [3.8, 4) is 0 Å². The molecule has 1 aromatic heterocycles. The van der Waals surface area contributed by atoms with Crippen LogP contribution >= 0.6 is 0 Å². The van der Waals surface area contributed by atoms with Crippen molar-refractivity contribution < 1.29 is 8.42 Å². The molecule has 1 heterocycles. The number of hydrogen-bond acceptors (Lipinski definition) is 4. The molecule has 0 spiro atoms. The summed E-state index contributed by atoms with van der Waals surface area (Å²) in [5, 5.41) is 8.68. The van der Waals surface area contributed by atoms with E-state index in [9.17, 15) is 8.42 Å². The van der Waals surface area contributed by atoms with Gasteiger partial charge in [0.05, 0.1) is 10.6 Å². The van der Waals surface area contributed by atoms with E-state index in [0.717, 1.165) is 17.7 Å². The van der Waals surface area contributed by atoms with E-state index in [1.54, 1.807) is 18.3 Å². The highest BCUT2D eigenvalue weighted by Crippen LogP contribution is 2.23. The van der Waals surface area contributed by atoms with E-state index in [4.69, 9.17) is 5.14 Å². The van der Waals surface area contributed by atoms with Gasteiger partial charge < -0.3 is 5.32 Å². The molecule has 2 unspecified atom stereocenters. The minimum Gasteiger partial charge on any atom is -0.302 e. The van der Waals surface area contributed by atoms with Crippen LogP contribution in [0.5, 0.6) is 0 Å². The van der Waals surface area contributed by atoms with Crippen molar-refractivity contribution in [1.82, 2.24) is 10.3 Å². The molecule has 0 aliphatic carbocycles. The standard InChI is InChI=1S/C16H21N3O2S/c1-3-15(19-12(2)16-9-4-5-10-18-16)13-7-6-8-14(11-13)22(17,20)21/h4-12,15,19H,3H2,1-2H3,(H2,17,20,21). The maximum Gasteiger partial charge on any atom is 0.238 e. The summed E-state index contributed by atoms with van der Waals surface area (Å²) < 4.78 is 23.0. The average Bonchev–Trinajstić information content (AvgIpc) is 2.52. The summed E-state index contributed by atoms with van der Waals surface area (Å²) in [4.78, 5) is 4.47. The summed E-state index contributed by atoms with van der Waals surface area (Å²) in [7, 11) is -3.69. The summed E-state index contributed by atoms with van der Waals surface area (Å²) in [5.41, 5.74) is 1.85. The van der Waals surface area contributed by atoms with Crippen molar-refractivity contribution >= 4 is 10.0 Å². The molecule has 0 bridgehead atoms. The van der Waals surface area contributed by atoms with Crippen LogP contribution in [0.4, 0.5) is 0 Å². The molecule has 0 fully saturated rings. The molecule has 0 aliphatic heterocycles. The van der Waals surface area contributed by atoms with Crippen molar-refractivity contribution in [1.29, 1.82) is 0 Å². The Morgan fingerprint density at radius 2 is 2.00 bits per heavy atom. The van der Waals surface area contributed by atoms with Gasteiger partial charge in [0.2, 0.25) is 10.0 Å². The number of benzene rings is 1. The number of nitrogens with one attached hydrogen (secondary N) is 1. The smallest absolute Gasteiger partial charge is 0.238 e. The van der Waals surface area contributed by atoms with Crippen LogP contribution in [0.25, 0.3) is 0 Å². The molecule has 2 atom stereocenters. The van der Waals surface area contributed by atoms with E-state index in [-0.39, 0.29) is 17.0 Å². The second-order valence-corrected chi connectivity index (χ2v) is 6.78. The van der Waals surface area contributed by atoms with Crippen LogP contribution in [0, 0.1) is 0 Å². The lowest BCUT2D eigenvalue weighted by atomic mass is 10.0. The maximum absolute atomic E-state index is 11.5. The number of rotatable bonds is 6. The lowest BCUT2D eigenvalue weighted by Crippen LogP contribution is -2.25. The number of nitrogens with two attached hydrogens (primary N) is 1. The summed E-state index contributed by atoms with van der Waals surface area (Å²) in [6.45, 7) is 4.08. The Labute approximate surface area is 131 Å². The van der Waals surface area contributed by atoms with Gasteiger partial charge in [-0.25, -0.2) is 13.6 Å². The Hall–Kier alpha value is -1.76. The fourth-order valence-electron chi connectivity index (χ4n) is 2.38. The van der Waals surface area contributed by atoms with Crippen LogP contribution in [0.1, 0.15) is 43.6 Å². The van der Waals surface area contributed by atoms with Gasteiger partial charge in [-0.1, -0.05) is 25.1 Å². The van der Waals surface area contributed by atoms with Crippen LogP contribution in [0.3, 0.4) is 0 Å². The number of pyridine rings is 1. The largest absolute Gasteiger partial charge is 0.302 e. The van der Waals surface area contributed by atoms with E-state index in [1.807, 2.05) is 38.1 Å². The topological polar surface area (TPSA) is 85.1 Å². The van der Waals surface area contributed by atoms with Crippen molar-refractivity contribution in [2.75, 3.05) is 0 Å². The van der Waals surface area contributed by atoms with Crippen LogP contribution in [0.2, 0.25) is 0 Å². The summed E-state index contributed by atoms with van der Waals surface area (Å²) in [5.74, 6) is 0. The zero-order valence-corrected chi connectivity index (χ0v) is 13.5. The van der Waals surface area contributed by atoms with E-state index >= 15 is 0 Å². The molecule has 2 aromatic rings. The quantitative estimate of drug-likeness (QED) is 0.857. The molecule has 118 valence electrons. The summed E-state index contributed by atoms with van der Waals surface area (Å²) in [6, 6.07) is 12.6. The first-order valence-corrected chi connectivity index (χ1v) is 8.76. The molecular weight excluding hydrogens is 298 g/mol. The SMILES string of the molecule is CCC(NC(C)c1ccccn1)c1cccc(S(N)(=O)=O)c1. The van der Waals surface area contributed by atoms with Crippen molar-refractivity contribution in [2.45, 2.75) is 37.2 Å². The van der Waals surface area contributed by atoms with Crippen molar-refractivity contribution in [3.63, 3.8) is 0 Å². The highest BCUT2D eigenvalue weighted by atomic mass is 32.2. The van der Waals surface area contributed by atoms with Gasteiger partial charge in [0.15, 0.2) is 0 Å². The fraction of sp³-hybridized carbons (Fsp3) is 0.312. The Morgan fingerprint density at radius 3 is 2.59 bits per heavy atom. The molecule has 5 nitrogen and oxygen atoms in total. The maximum atomic E-state index is 11.5. The molecule has 0 saturated heterocycles. The molecule has 6 heteroatoms. The predicted octanol–water partition coefficient (Wildman–Crippen LogP) is 2.53. The van der Waals surface area contributed by atoms with Crippen LogP contribution in [-0.2, 0) is 10.0 Å². The molecule has 0 amide bonds. The zero-order valence-electron chi connectivity index (χ0n) is 12.7. The van der Waals surface area contributed by atoms with Crippen LogP contribution < -0.4 is 10.5 Å². The van der Waals surface area contributed by atoms with Crippen molar-refractivity contribution in [2.24, 2.45) is 5.14 Å². The van der Waals surface area contributed by atoms with E-state index < -0.39 is 10.0 Å². The lowest BCUT2D eigenvalue weighted by molar-refractivity contribution is 0.449. The summed E-state index contributed by atoms with van der Waals surface area (Å²) in [6.07, 6.45) is 2.58. The first kappa shape index (κ1) is 16.6. The third kappa shape index (κ3) is 4.13. The average molecular weight is 319 g/mol. The molecule has 1 aromatic carbocycles. The fourth-order valence-corrected chi connectivity index (χ4v) is 2.95. The second-order valence-electron chi connectivity index (χ2n) is 5.22. The second kappa shape index (κ2) is 7.00. The molecule has 22 heavy (non-hydrogen) atoms. The van der Waals surface area contributed by atoms with Gasteiger partial charge in [-0.05, 0) is 43.2 Å². The Kier molecular flexibility index (Phi) is 5.28.